The lowest BCUT2D eigenvalue weighted by Gasteiger charge is -2.35. The van der Waals surface area contributed by atoms with Gasteiger partial charge in [-0.25, -0.2) is 16.8 Å². The molecule has 1 atom stereocenters. The molecule has 1 saturated heterocycles. The number of nitrogens with one attached hydrogen (secondary N) is 1. The Kier molecular flexibility index (Phi) is 6.77. The zero-order valence-corrected chi connectivity index (χ0v) is 19.6. The molecule has 10 nitrogen and oxygen atoms in total. The van der Waals surface area contributed by atoms with Crippen LogP contribution in [0, 0.1) is 13.8 Å². The van der Waals surface area contributed by atoms with Gasteiger partial charge < -0.3 is 9.42 Å². The predicted octanol–water partition coefficient (Wildman–Crippen LogP) is 1.14. The highest BCUT2D eigenvalue weighted by atomic mass is 35.5. The molecule has 0 aliphatic carbocycles. The number of aromatic nitrogens is 1. The van der Waals surface area contributed by atoms with Crippen LogP contribution in [0.1, 0.15) is 18.4 Å². The number of nitrogens with zero attached hydrogens (tertiary/aromatic N) is 3. The second-order valence-electron chi connectivity index (χ2n) is 7.18. The van der Waals surface area contributed by atoms with E-state index < -0.39 is 32.0 Å². The lowest BCUT2D eigenvalue weighted by molar-refractivity contribution is -0.133. The molecule has 0 saturated carbocycles. The Bertz CT molecular complexity index is 1170. The van der Waals surface area contributed by atoms with Gasteiger partial charge >= 0.3 is 0 Å². The second-order valence-corrected chi connectivity index (χ2v) is 11.2. The molecule has 2 heterocycles. The molecule has 1 aromatic carbocycles. The number of sulfonamides is 2. The van der Waals surface area contributed by atoms with Crippen molar-refractivity contribution in [1.82, 2.24) is 19.1 Å². The fourth-order valence-corrected chi connectivity index (χ4v) is 6.65. The molecule has 1 aromatic heterocycles. The number of piperazine rings is 1. The zero-order chi connectivity index (χ0) is 23.0. The lowest BCUT2D eigenvalue weighted by Crippen LogP contribution is -2.55. The standard InChI is InChI=1S/C18H23ClN4O6S2/c1-12-17(14(3)29-20-12)30(25,26)21-13(2)18(24)22-7-9-23(10-8-22)31(27,28)16-6-4-5-15(19)11-16/h4-6,11,13,21H,7-10H2,1-3H3/t13-/m0/s1. The first kappa shape index (κ1) is 23.7. The van der Waals surface area contributed by atoms with Crippen LogP contribution in [0.25, 0.3) is 0 Å². The molecule has 13 heteroatoms. The van der Waals surface area contributed by atoms with E-state index in [1.165, 1.54) is 42.1 Å². The van der Waals surface area contributed by atoms with Crippen LogP contribution in [0.3, 0.4) is 0 Å². The molecule has 1 aliphatic rings. The van der Waals surface area contributed by atoms with Crippen LogP contribution in [-0.2, 0) is 24.8 Å². The number of halogens is 1. The highest BCUT2D eigenvalue weighted by molar-refractivity contribution is 7.89. The summed E-state index contributed by atoms with van der Waals surface area (Å²) in [5.74, 6) is -0.320. The molecule has 0 radical (unpaired) electrons. The quantitative estimate of drug-likeness (QED) is 0.642. The summed E-state index contributed by atoms with van der Waals surface area (Å²) in [5.41, 5.74) is 0.199. The summed E-state index contributed by atoms with van der Waals surface area (Å²) in [7, 11) is -7.75. The van der Waals surface area contributed by atoms with Gasteiger partial charge in [-0.05, 0) is 39.0 Å². The van der Waals surface area contributed by atoms with Gasteiger partial charge in [0.15, 0.2) is 5.76 Å². The second kappa shape index (κ2) is 8.87. The van der Waals surface area contributed by atoms with E-state index in [4.69, 9.17) is 16.1 Å². The van der Waals surface area contributed by atoms with Gasteiger partial charge in [-0.3, -0.25) is 4.79 Å². The summed E-state index contributed by atoms with van der Waals surface area (Å²) >= 11 is 5.90. The largest absolute Gasteiger partial charge is 0.360 e. The molecular formula is C18H23ClN4O6S2. The summed E-state index contributed by atoms with van der Waals surface area (Å²) in [6.45, 7) is 4.85. The minimum absolute atomic E-state index is 0.0837. The Balaban J connectivity index is 1.65. The maximum atomic E-state index is 12.8. The van der Waals surface area contributed by atoms with Gasteiger partial charge in [0.05, 0.1) is 10.9 Å². The first-order valence-electron chi connectivity index (χ1n) is 9.43. The van der Waals surface area contributed by atoms with E-state index in [-0.39, 0.29) is 47.4 Å². The Labute approximate surface area is 186 Å². The van der Waals surface area contributed by atoms with Gasteiger partial charge in [-0.15, -0.1) is 0 Å². The molecule has 1 aliphatic heterocycles. The SMILES string of the molecule is Cc1noc(C)c1S(=O)(=O)N[C@@H](C)C(=O)N1CCN(S(=O)(=O)c2cccc(Cl)c2)CC1. The third-order valence-electron chi connectivity index (χ3n) is 4.92. The number of aryl methyl sites for hydroxylation is 2. The number of benzene rings is 1. The normalized spacial score (nSPS) is 17.0. The van der Waals surface area contributed by atoms with Crippen LogP contribution in [0.2, 0.25) is 5.02 Å². The molecule has 31 heavy (non-hydrogen) atoms. The fourth-order valence-electron chi connectivity index (χ4n) is 3.40. The lowest BCUT2D eigenvalue weighted by atomic mass is 10.2. The first-order valence-corrected chi connectivity index (χ1v) is 12.7. The summed E-state index contributed by atoms with van der Waals surface area (Å²) < 4.78 is 59.3. The van der Waals surface area contributed by atoms with E-state index in [1.54, 1.807) is 12.1 Å². The molecular weight excluding hydrogens is 468 g/mol. The van der Waals surface area contributed by atoms with Crippen molar-refractivity contribution in [2.24, 2.45) is 0 Å². The van der Waals surface area contributed by atoms with Crippen molar-refractivity contribution >= 4 is 37.6 Å². The van der Waals surface area contributed by atoms with Crippen molar-refractivity contribution in [2.45, 2.75) is 36.6 Å². The molecule has 0 unspecified atom stereocenters. The zero-order valence-electron chi connectivity index (χ0n) is 17.2. The van der Waals surface area contributed by atoms with E-state index >= 15 is 0 Å². The highest BCUT2D eigenvalue weighted by Crippen LogP contribution is 2.22. The monoisotopic (exact) mass is 490 g/mol. The van der Waals surface area contributed by atoms with Crippen LogP contribution in [0.5, 0.6) is 0 Å². The van der Waals surface area contributed by atoms with Gasteiger partial charge in [-0.1, -0.05) is 22.8 Å². The molecule has 0 bridgehead atoms. The molecule has 3 rings (SSSR count). The maximum absolute atomic E-state index is 12.8. The van der Waals surface area contributed by atoms with E-state index in [0.29, 0.717) is 5.02 Å². The first-order chi connectivity index (χ1) is 14.4. The minimum Gasteiger partial charge on any atom is -0.360 e. The molecule has 170 valence electrons. The summed E-state index contributed by atoms with van der Waals surface area (Å²) in [5, 5.41) is 3.94. The van der Waals surface area contributed by atoms with Crippen molar-refractivity contribution in [3.8, 4) is 0 Å². The Hall–Kier alpha value is -1.99. The third-order valence-corrected chi connectivity index (χ3v) is 8.84. The van der Waals surface area contributed by atoms with Crippen LogP contribution in [-0.4, -0.2) is 69.3 Å². The molecule has 1 N–H and O–H groups in total. The topological polar surface area (TPSA) is 130 Å². The molecule has 2 aromatic rings. The van der Waals surface area contributed by atoms with Gasteiger partial charge in [0, 0.05) is 31.2 Å². The Morgan fingerprint density at radius 2 is 1.81 bits per heavy atom. The van der Waals surface area contributed by atoms with E-state index in [0.717, 1.165) is 0 Å². The van der Waals surface area contributed by atoms with E-state index in [2.05, 4.69) is 9.88 Å². The van der Waals surface area contributed by atoms with Crippen LogP contribution < -0.4 is 4.72 Å². The Morgan fingerprint density at radius 1 is 1.16 bits per heavy atom. The van der Waals surface area contributed by atoms with Crippen molar-refractivity contribution in [3.05, 3.63) is 40.7 Å². The third kappa shape index (κ3) is 4.93. The average molecular weight is 491 g/mol. The molecule has 1 amide bonds. The number of carbonyl (C=O) groups excluding carboxylic acids is 1. The summed E-state index contributed by atoms with van der Waals surface area (Å²) in [6.07, 6.45) is 0. The van der Waals surface area contributed by atoms with E-state index in [9.17, 15) is 21.6 Å². The van der Waals surface area contributed by atoms with Crippen LogP contribution >= 0.6 is 11.6 Å². The highest BCUT2D eigenvalue weighted by Gasteiger charge is 2.34. The van der Waals surface area contributed by atoms with Crippen molar-refractivity contribution in [3.63, 3.8) is 0 Å². The van der Waals surface area contributed by atoms with Gasteiger partial charge in [0.2, 0.25) is 26.0 Å². The van der Waals surface area contributed by atoms with Crippen LogP contribution in [0.15, 0.2) is 38.6 Å². The van der Waals surface area contributed by atoms with Gasteiger partial charge in [-0.2, -0.15) is 9.03 Å². The Morgan fingerprint density at radius 3 is 2.35 bits per heavy atom. The van der Waals surface area contributed by atoms with Gasteiger partial charge in [0.25, 0.3) is 0 Å². The van der Waals surface area contributed by atoms with Crippen LogP contribution in [0.4, 0.5) is 0 Å². The number of carbonyl (C=O) groups is 1. The van der Waals surface area contributed by atoms with E-state index in [1.807, 2.05) is 0 Å². The fraction of sp³-hybridized carbons (Fsp3) is 0.444. The van der Waals surface area contributed by atoms with Crippen molar-refractivity contribution in [2.75, 3.05) is 26.2 Å². The predicted molar refractivity (Wildman–Crippen MR) is 113 cm³/mol. The molecule has 0 spiro atoms. The average Bonchev–Trinajstić information content (AvgIpc) is 3.06. The summed E-state index contributed by atoms with van der Waals surface area (Å²) in [6, 6.07) is 4.93. The van der Waals surface area contributed by atoms with Crippen molar-refractivity contribution < 1.29 is 26.2 Å². The number of amides is 1. The summed E-state index contributed by atoms with van der Waals surface area (Å²) in [4.78, 5) is 14.2. The van der Waals surface area contributed by atoms with Gasteiger partial charge in [0.1, 0.15) is 10.6 Å². The molecule has 1 fully saturated rings. The number of rotatable bonds is 6. The number of hydrogen-bond acceptors (Lipinski definition) is 7. The smallest absolute Gasteiger partial charge is 0.246 e. The number of hydrogen-bond donors (Lipinski definition) is 1. The maximum Gasteiger partial charge on any atom is 0.246 e. The van der Waals surface area contributed by atoms with Crippen molar-refractivity contribution in [1.29, 1.82) is 0 Å². The minimum atomic E-state index is -4.01.